The van der Waals surface area contributed by atoms with Gasteiger partial charge in [0, 0.05) is 24.1 Å². The molecule has 2 rings (SSSR count). The maximum absolute atomic E-state index is 6.25. The van der Waals surface area contributed by atoms with E-state index in [9.17, 15) is 0 Å². The van der Waals surface area contributed by atoms with Crippen molar-refractivity contribution in [3.63, 3.8) is 0 Å². The molecule has 0 spiro atoms. The summed E-state index contributed by atoms with van der Waals surface area (Å²) in [6.07, 6.45) is 1.26. The maximum atomic E-state index is 6.25. The van der Waals surface area contributed by atoms with Crippen LogP contribution in [0.15, 0.2) is 24.3 Å². The zero-order valence-corrected chi connectivity index (χ0v) is 11.9. The third-order valence-corrected chi connectivity index (χ3v) is 3.73. The minimum Gasteiger partial charge on any atom is -0.373 e. The maximum Gasteiger partial charge on any atom is 0.0880 e. The van der Waals surface area contributed by atoms with Crippen molar-refractivity contribution in [1.82, 2.24) is 5.32 Å². The molecule has 1 aliphatic rings. The van der Waals surface area contributed by atoms with E-state index in [2.05, 4.69) is 25.2 Å². The van der Waals surface area contributed by atoms with Crippen molar-refractivity contribution in [2.24, 2.45) is 11.8 Å². The fourth-order valence-corrected chi connectivity index (χ4v) is 2.69. The normalized spacial score (nSPS) is 23.8. The molecule has 0 aliphatic carbocycles. The lowest BCUT2D eigenvalue weighted by Gasteiger charge is -2.21. The molecule has 1 aromatic rings. The van der Waals surface area contributed by atoms with E-state index in [1.165, 1.54) is 0 Å². The molecular formula is C15H22ClNO. The molecule has 1 N–H and O–H groups in total. The van der Waals surface area contributed by atoms with Crippen molar-refractivity contribution in [3.8, 4) is 0 Å². The lowest BCUT2D eigenvalue weighted by Crippen LogP contribution is -2.28. The summed E-state index contributed by atoms with van der Waals surface area (Å²) < 4.78 is 5.87. The zero-order chi connectivity index (χ0) is 13.0. The molecule has 2 atom stereocenters. The lowest BCUT2D eigenvalue weighted by atomic mass is 9.95. The van der Waals surface area contributed by atoms with Crippen LogP contribution in [0.3, 0.4) is 0 Å². The highest BCUT2D eigenvalue weighted by Gasteiger charge is 2.30. The highest BCUT2D eigenvalue weighted by atomic mass is 35.5. The predicted molar refractivity (Wildman–Crippen MR) is 76.0 cm³/mol. The van der Waals surface area contributed by atoms with Crippen molar-refractivity contribution >= 4 is 11.6 Å². The third kappa shape index (κ3) is 3.47. The minimum absolute atomic E-state index is 0.151. The van der Waals surface area contributed by atoms with Crippen LogP contribution in [0.5, 0.6) is 0 Å². The average Bonchev–Trinajstić information content (AvgIpc) is 2.77. The van der Waals surface area contributed by atoms with Gasteiger partial charge in [-0.15, -0.1) is 0 Å². The second-order valence-corrected chi connectivity index (χ2v) is 5.82. The molecule has 1 saturated heterocycles. The van der Waals surface area contributed by atoms with E-state index < -0.39 is 0 Å². The second kappa shape index (κ2) is 6.55. The summed E-state index contributed by atoms with van der Waals surface area (Å²) in [6.45, 7) is 7.36. The highest BCUT2D eigenvalue weighted by Crippen LogP contribution is 2.37. The molecule has 0 radical (unpaired) electrons. The van der Waals surface area contributed by atoms with Crippen molar-refractivity contribution in [3.05, 3.63) is 34.9 Å². The summed E-state index contributed by atoms with van der Waals surface area (Å²) in [7, 11) is 0. The number of hydrogen-bond acceptors (Lipinski definition) is 2. The van der Waals surface area contributed by atoms with Crippen LogP contribution in [0.1, 0.15) is 31.9 Å². The Hall–Kier alpha value is -0.570. The van der Waals surface area contributed by atoms with Gasteiger partial charge in [-0.2, -0.15) is 0 Å². The van der Waals surface area contributed by atoms with Crippen LogP contribution >= 0.6 is 11.6 Å². The molecule has 3 heteroatoms. The first-order valence-electron chi connectivity index (χ1n) is 6.75. The monoisotopic (exact) mass is 267 g/mol. The SMILES string of the molecule is CC(C)CNCC1CCOC1c1ccccc1Cl. The van der Waals surface area contributed by atoms with Crippen LogP contribution in [0.2, 0.25) is 5.02 Å². The summed E-state index contributed by atoms with van der Waals surface area (Å²) in [4.78, 5) is 0. The first kappa shape index (κ1) is 13.9. The number of hydrogen-bond donors (Lipinski definition) is 1. The smallest absolute Gasteiger partial charge is 0.0880 e. The van der Waals surface area contributed by atoms with Gasteiger partial charge in [-0.1, -0.05) is 43.6 Å². The number of nitrogens with one attached hydrogen (secondary N) is 1. The molecule has 1 aliphatic heterocycles. The number of halogens is 1. The van der Waals surface area contributed by atoms with Gasteiger partial charge in [0.05, 0.1) is 6.10 Å². The summed E-state index contributed by atoms with van der Waals surface area (Å²) in [5.74, 6) is 1.22. The van der Waals surface area contributed by atoms with Gasteiger partial charge in [0.1, 0.15) is 0 Å². The van der Waals surface area contributed by atoms with Gasteiger partial charge in [-0.05, 0) is 30.5 Å². The van der Waals surface area contributed by atoms with Gasteiger partial charge in [0.25, 0.3) is 0 Å². The van der Waals surface area contributed by atoms with Crippen LogP contribution in [0, 0.1) is 11.8 Å². The Kier molecular flexibility index (Phi) is 5.04. The molecule has 2 nitrogen and oxygen atoms in total. The van der Waals surface area contributed by atoms with Crippen LogP contribution in [0.25, 0.3) is 0 Å². The molecule has 0 amide bonds. The minimum atomic E-state index is 0.151. The topological polar surface area (TPSA) is 21.3 Å². The third-order valence-electron chi connectivity index (χ3n) is 3.39. The molecule has 1 heterocycles. The Morgan fingerprint density at radius 1 is 1.39 bits per heavy atom. The van der Waals surface area contributed by atoms with Gasteiger partial charge in [0.2, 0.25) is 0 Å². The first-order chi connectivity index (χ1) is 8.68. The van der Waals surface area contributed by atoms with E-state index in [1.54, 1.807) is 0 Å². The number of rotatable bonds is 5. The standard InChI is InChI=1S/C15H22ClNO/c1-11(2)9-17-10-12-7-8-18-15(12)13-5-3-4-6-14(13)16/h3-6,11-12,15,17H,7-10H2,1-2H3. The molecule has 2 unspecified atom stereocenters. The largest absolute Gasteiger partial charge is 0.373 e. The number of benzene rings is 1. The quantitative estimate of drug-likeness (QED) is 0.879. The fraction of sp³-hybridized carbons (Fsp3) is 0.600. The Balaban J connectivity index is 1.97. The van der Waals surface area contributed by atoms with Crippen LogP contribution < -0.4 is 5.32 Å². The van der Waals surface area contributed by atoms with E-state index >= 15 is 0 Å². The predicted octanol–water partition coefficient (Wildman–Crippen LogP) is 3.66. The van der Waals surface area contributed by atoms with Gasteiger partial charge in [-0.3, -0.25) is 0 Å². The van der Waals surface area contributed by atoms with Gasteiger partial charge in [-0.25, -0.2) is 0 Å². The van der Waals surface area contributed by atoms with E-state index in [0.717, 1.165) is 36.7 Å². The Morgan fingerprint density at radius 2 is 2.17 bits per heavy atom. The summed E-state index contributed by atoms with van der Waals surface area (Å²) in [5, 5.41) is 4.34. The zero-order valence-electron chi connectivity index (χ0n) is 11.2. The van der Waals surface area contributed by atoms with Crippen molar-refractivity contribution in [2.75, 3.05) is 19.7 Å². The summed E-state index contributed by atoms with van der Waals surface area (Å²) in [6, 6.07) is 8.01. The molecule has 0 saturated carbocycles. The van der Waals surface area contributed by atoms with E-state index in [1.807, 2.05) is 18.2 Å². The van der Waals surface area contributed by atoms with Crippen molar-refractivity contribution in [1.29, 1.82) is 0 Å². The van der Waals surface area contributed by atoms with E-state index in [4.69, 9.17) is 16.3 Å². The Morgan fingerprint density at radius 3 is 2.89 bits per heavy atom. The first-order valence-corrected chi connectivity index (χ1v) is 7.13. The van der Waals surface area contributed by atoms with Gasteiger partial charge >= 0.3 is 0 Å². The highest BCUT2D eigenvalue weighted by molar-refractivity contribution is 6.31. The molecule has 1 aromatic carbocycles. The Bertz CT molecular complexity index is 381. The van der Waals surface area contributed by atoms with Crippen molar-refractivity contribution < 1.29 is 4.74 Å². The van der Waals surface area contributed by atoms with Gasteiger partial charge in [0.15, 0.2) is 0 Å². The van der Waals surface area contributed by atoms with Crippen LogP contribution in [-0.4, -0.2) is 19.7 Å². The Labute approximate surface area is 115 Å². The van der Waals surface area contributed by atoms with E-state index in [-0.39, 0.29) is 6.10 Å². The molecule has 0 aromatic heterocycles. The molecule has 100 valence electrons. The molecule has 0 bridgehead atoms. The number of ether oxygens (including phenoxy) is 1. The van der Waals surface area contributed by atoms with Crippen LogP contribution in [-0.2, 0) is 4.74 Å². The van der Waals surface area contributed by atoms with Crippen molar-refractivity contribution in [2.45, 2.75) is 26.4 Å². The fourth-order valence-electron chi connectivity index (χ4n) is 2.45. The molecular weight excluding hydrogens is 246 g/mol. The van der Waals surface area contributed by atoms with Crippen LogP contribution in [0.4, 0.5) is 0 Å². The summed E-state index contributed by atoms with van der Waals surface area (Å²) in [5.41, 5.74) is 1.13. The van der Waals surface area contributed by atoms with Gasteiger partial charge < -0.3 is 10.1 Å². The molecule has 1 fully saturated rings. The summed E-state index contributed by atoms with van der Waals surface area (Å²) >= 11 is 6.25. The van der Waals surface area contributed by atoms with E-state index in [0.29, 0.717) is 11.8 Å². The molecule has 18 heavy (non-hydrogen) atoms. The lowest BCUT2D eigenvalue weighted by molar-refractivity contribution is 0.0904. The average molecular weight is 268 g/mol. The second-order valence-electron chi connectivity index (χ2n) is 5.41.